The van der Waals surface area contributed by atoms with Crippen LogP contribution in [0.25, 0.3) is 0 Å². The lowest BCUT2D eigenvalue weighted by atomic mass is 9.93. The number of halogens is 1. The summed E-state index contributed by atoms with van der Waals surface area (Å²) in [5, 5.41) is 0. The van der Waals surface area contributed by atoms with Gasteiger partial charge in [0.15, 0.2) is 18.2 Å². The number of ether oxygens (including phenoxy) is 2. The molecular formula is C21H22BrN2O4+. The number of hydrogen-bond acceptors (Lipinski definition) is 4. The van der Waals surface area contributed by atoms with Gasteiger partial charge in [-0.3, -0.25) is 14.5 Å². The molecule has 2 aromatic carbocycles. The molecule has 0 bridgehead atoms. The second-order valence-corrected chi connectivity index (χ2v) is 8.08. The number of carbonyl (C=O) groups is 2. The minimum Gasteiger partial charge on any atom is -0.493 e. The Labute approximate surface area is 172 Å². The van der Waals surface area contributed by atoms with Gasteiger partial charge in [-0.1, -0.05) is 15.9 Å². The number of hydrogen-bond donors (Lipinski definition) is 1. The summed E-state index contributed by atoms with van der Waals surface area (Å²) < 4.78 is 11.7. The van der Waals surface area contributed by atoms with Crippen molar-refractivity contribution in [2.45, 2.75) is 19.4 Å². The molecule has 4 rings (SSSR count). The molecule has 0 aromatic heterocycles. The van der Waals surface area contributed by atoms with E-state index in [0.29, 0.717) is 23.7 Å². The monoisotopic (exact) mass is 445 g/mol. The Morgan fingerprint density at radius 1 is 1.14 bits per heavy atom. The summed E-state index contributed by atoms with van der Waals surface area (Å²) in [6, 6.07) is 9.64. The molecule has 0 fully saturated rings. The highest BCUT2D eigenvalue weighted by Crippen LogP contribution is 2.34. The summed E-state index contributed by atoms with van der Waals surface area (Å²) in [4.78, 5) is 27.8. The number of nitrogens with zero attached hydrogens (tertiary/aromatic N) is 1. The molecule has 2 aromatic rings. The van der Waals surface area contributed by atoms with Gasteiger partial charge in [0, 0.05) is 16.5 Å². The maximum atomic E-state index is 12.6. The maximum absolute atomic E-state index is 12.6. The van der Waals surface area contributed by atoms with E-state index in [4.69, 9.17) is 9.47 Å². The quantitative estimate of drug-likeness (QED) is 0.732. The molecule has 1 N–H and O–H groups in total. The molecule has 6 nitrogen and oxygen atoms in total. The molecule has 2 atom stereocenters. The highest BCUT2D eigenvalue weighted by molar-refractivity contribution is 9.10. The van der Waals surface area contributed by atoms with E-state index in [-0.39, 0.29) is 6.04 Å². The molecular weight excluding hydrogens is 424 g/mol. The number of Topliss-reactive ketones (excluding diaryl/α,β-unsaturated/α-hetero) is 1. The van der Waals surface area contributed by atoms with Gasteiger partial charge in [0.25, 0.3) is 5.78 Å². The Morgan fingerprint density at radius 3 is 2.57 bits per heavy atom. The maximum Gasteiger partial charge on any atom is 0.303 e. The van der Waals surface area contributed by atoms with E-state index in [1.54, 1.807) is 25.2 Å². The number of anilines is 1. The standard InChI is InChI=1S/C21H21BrN2O4/c1-12-15-10-19(28-3)18(27-2)8-13(15)6-7-23(12)11-24-17-5-4-14(22)9-16(17)20(25)21(24)26/h4-5,8-10,12H,6-7,11H2,1-3H3/p+1/t12-/m1/s1. The molecule has 2 aliphatic heterocycles. The molecule has 0 saturated carbocycles. The number of methoxy groups -OCH3 is 2. The minimum atomic E-state index is -0.453. The van der Waals surface area contributed by atoms with E-state index in [9.17, 15) is 9.59 Å². The summed E-state index contributed by atoms with van der Waals surface area (Å²) in [6.45, 7) is 3.46. The predicted molar refractivity (Wildman–Crippen MR) is 108 cm³/mol. The zero-order chi connectivity index (χ0) is 20.0. The number of rotatable bonds is 4. The van der Waals surface area contributed by atoms with Crippen LogP contribution in [0.2, 0.25) is 0 Å². The molecule has 1 amide bonds. The van der Waals surface area contributed by atoms with Gasteiger partial charge in [0.05, 0.1) is 32.0 Å². The normalized spacial score (nSPS) is 20.8. The van der Waals surface area contributed by atoms with Crippen molar-refractivity contribution in [3.63, 3.8) is 0 Å². The molecule has 0 radical (unpaired) electrons. The van der Waals surface area contributed by atoms with Crippen LogP contribution in [0.15, 0.2) is 34.8 Å². The highest BCUT2D eigenvalue weighted by Gasteiger charge is 2.40. The fraction of sp³-hybridized carbons (Fsp3) is 0.333. The summed E-state index contributed by atoms with van der Waals surface area (Å²) >= 11 is 3.37. The smallest absolute Gasteiger partial charge is 0.303 e. The fourth-order valence-electron chi connectivity index (χ4n) is 4.14. The van der Waals surface area contributed by atoms with Crippen molar-refractivity contribution in [3.8, 4) is 11.5 Å². The number of carbonyl (C=O) groups excluding carboxylic acids is 2. The molecule has 0 saturated heterocycles. The molecule has 146 valence electrons. The number of nitrogens with one attached hydrogen (secondary N) is 1. The lowest BCUT2D eigenvalue weighted by Gasteiger charge is -2.35. The lowest BCUT2D eigenvalue weighted by molar-refractivity contribution is -0.930. The van der Waals surface area contributed by atoms with Crippen molar-refractivity contribution in [2.75, 3.05) is 32.3 Å². The van der Waals surface area contributed by atoms with Crippen LogP contribution < -0.4 is 19.3 Å². The number of quaternary nitrogens is 1. The van der Waals surface area contributed by atoms with Crippen LogP contribution >= 0.6 is 15.9 Å². The zero-order valence-corrected chi connectivity index (χ0v) is 17.6. The number of benzene rings is 2. The van der Waals surface area contributed by atoms with Crippen LogP contribution in [0.3, 0.4) is 0 Å². The lowest BCUT2D eigenvalue weighted by Crippen LogP contribution is -3.14. The van der Waals surface area contributed by atoms with Gasteiger partial charge >= 0.3 is 5.91 Å². The van der Waals surface area contributed by atoms with E-state index in [1.165, 1.54) is 16.0 Å². The molecule has 0 aliphatic carbocycles. The molecule has 2 heterocycles. The summed E-state index contributed by atoms with van der Waals surface area (Å²) in [7, 11) is 3.27. The third kappa shape index (κ3) is 2.99. The van der Waals surface area contributed by atoms with Crippen molar-refractivity contribution >= 4 is 33.3 Å². The Kier molecular flexibility index (Phi) is 4.89. The van der Waals surface area contributed by atoms with Crippen molar-refractivity contribution < 1.29 is 24.0 Å². The van der Waals surface area contributed by atoms with Crippen LogP contribution in [0.4, 0.5) is 5.69 Å². The van der Waals surface area contributed by atoms with Gasteiger partial charge in [-0.2, -0.15) is 0 Å². The average Bonchev–Trinajstić information content (AvgIpc) is 2.93. The number of ketones is 1. The van der Waals surface area contributed by atoms with Gasteiger partial charge in [0.1, 0.15) is 6.04 Å². The molecule has 28 heavy (non-hydrogen) atoms. The van der Waals surface area contributed by atoms with Crippen molar-refractivity contribution in [3.05, 3.63) is 51.5 Å². The van der Waals surface area contributed by atoms with Crippen molar-refractivity contribution in [1.82, 2.24) is 0 Å². The summed E-state index contributed by atoms with van der Waals surface area (Å²) in [5.41, 5.74) is 3.58. The predicted octanol–water partition coefficient (Wildman–Crippen LogP) is 2.16. The Morgan fingerprint density at radius 2 is 1.86 bits per heavy atom. The van der Waals surface area contributed by atoms with E-state index in [0.717, 1.165) is 23.2 Å². The van der Waals surface area contributed by atoms with E-state index < -0.39 is 11.7 Å². The second-order valence-electron chi connectivity index (χ2n) is 7.17. The second kappa shape index (κ2) is 7.22. The van der Waals surface area contributed by atoms with Gasteiger partial charge in [-0.05, 0) is 42.8 Å². The minimum absolute atomic E-state index is 0.158. The Hall–Kier alpha value is -2.38. The summed E-state index contributed by atoms with van der Waals surface area (Å²) in [5.74, 6) is 0.548. The van der Waals surface area contributed by atoms with Gasteiger partial charge in [-0.15, -0.1) is 0 Å². The number of fused-ring (bicyclic) bond motifs is 2. The first-order valence-corrected chi connectivity index (χ1v) is 9.99. The van der Waals surface area contributed by atoms with Crippen LogP contribution in [-0.4, -0.2) is 39.1 Å². The van der Waals surface area contributed by atoms with Crippen LogP contribution in [0.1, 0.15) is 34.5 Å². The first-order chi connectivity index (χ1) is 13.4. The van der Waals surface area contributed by atoms with Gasteiger partial charge in [0.2, 0.25) is 0 Å². The highest BCUT2D eigenvalue weighted by atomic mass is 79.9. The van der Waals surface area contributed by atoms with E-state index in [2.05, 4.69) is 22.9 Å². The van der Waals surface area contributed by atoms with Crippen LogP contribution in [0, 0.1) is 0 Å². The van der Waals surface area contributed by atoms with Gasteiger partial charge < -0.3 is 14.4 Å². The third-order valence-corrected chi connectivity index (χ3v) is 6.23. The SMILES string of the molecule is COc1cc2c(cc1OC)[C@@H](C)[NH+](CN1C(=O)C(=O)c3cc(Br)ccc31)CC2. The molecule has 0 spiro atoms. The molecule has 7 heteroatoms. The summed E-state index contributed by atoms with van der Waals surface area (Å²) in [6.07, 6.45) is 0.874. The first-order valence-electron chi connectivity index (χ1n) is 9.19. The topological polar surface area (TPSA) is 60.3 Å². The third-order valence-electron chi connectivity index (χ3n) is 5.73. The average molecular weight is 446 g/mol. The first kappa shape index (κ1) is 19.0. The molecule has 2 aliphatic rings. The van der Waals surface area contributed by atoms with Gasteiger partial charge in [-0.25, -0.2) is 0 Å². The van der Waals surface area contributed by atoms with Crippen LogP contribution in [-0.2, 0) is 11.2 Å². The molecule has 1 unspecified atom stereocenters. The Balaban J connectivity index is 1.63. The van der Waals surface area contributed by atoms with E-state index >= 15 is 0 Å². The zero-order valence-electron chi connectivity index (χ0n) is 16.0. The van der Waals surface area contributed by atoms with Crippen molar-refractivity contribution in [2.24, 2.45) is 0 Å². The van der Waals surface area contributed by atoms with E-state index in [1.807, 2.05) is 24.3 Å². The largest absolute Gasteiger partial charge is 0.493 e. The van der Waals surface area contributed by atoms with Crippen LogP contribution in [0.5, 0.6) is 11.5 Å². The number of amides is 1. The van der Waals surface area contributed by atoms with Crippen molar-refractivity contribution in [1.29, 1.82) is 0 Å². The Bertz CT molecular complexity index is 975. The fourth-order valence-corrected chi connectivity index (χ4v) is 4.50.